The number of thiazole rings is 1. The Hall–Kier alpha value is -5.19. The number of ether oxygens (including phenoxy) is 1. The van der Waals surface area contributed by atoms with Crippen LogP contribution in [0.3, 0.4) is 0 Å². The van der Waals surface area contributed by atoms with Gasteiger partial charge in [0, 0.05) is 27.1 Å². The summed E-state index contributed by atoms with van der Waals surface area (Å²) in [6.45, 7) is 3.86. The SMILES string of the molecule is COc1cccc(/C=C(\NC(=O)c2ccccc2)C(=O)Nc2ccc(SC(C)C(=O)Nc3nc(-c4ccc(C)cc4)cs3)cc2)c1. The maximum absolute atomic E-state index is 13.4. The largest absolute Gasteiger partial charge is 0.497 e. The molecule has 4 aromatic carbocycles. The van der Waals surface area contributed by atoms with E-state index in [1.165, 1.54) is 28.7 Å². The molecule has 0 fully saturated rings. The summed E-state index contributed by atoms with van der Waals surface area (Å²) in [7, 11) is 1.56. The van der Waals surface area contributed by atoms with Gasteiger partial charge in [-0.3, -0.25) is 14.4 Å². The van der Waals surface area contributed by atoms with E-state index in [2.05, 4.69) is 20.9 Å². The second-order valence-electron chi connectivity index (χ2n) is 10.3. The zero-order chi connectivity index (χ0) is 32.5. The second kappa shape index (κ2) is 15.2. The van der Waals surface area contributed by atoms with Crippen molar-refractivity contribution >= 4 is 57.7 Å². The predicted molar refractivity (Wildman–Crippen MR) is 186 cm³/mol. The van der Waals surface area contributed by atoms with E-state index >= 15 is 0 Å². The molecule has 0 aliphatic rings. The molecule has 0 radical (unpaired) electrons. The molecule has 1 atom stereocenters. The van der Waals surface area contributed by atoms with Gasteiger partial charge >= 0.3 is 0 Å². The highest BCUT2D eigenvalue weighted by Gasteiger charge is 2.18. The number of anilines is 2. The minimum atomic E-state index is -0.492. The van der Waals surface area contributed by atoms with Crippen LogP contribution in [0.1, 0.15) is 28.4 Å². The topological polar surface area (TPSA) is 109 Å². The predicted octanol–water partition coefficient (Wildman–Crippen LogP) is 7.66. The van der Waals surface area contributed by atoms with E-state index in [4.69, 9.17) is 4.74 Å². The van der Waals surface area contributed by atoms with Crippen molar-refractivity contribution in [3.8, 4) is 17.0 Å². The van der Waals surface area contributed by atoms with Gasteiger partial charge in [0.1, 0.15) is 11.4 Å². The van der Waals surface area contributed by atoms with Gasteiger partial charge in [-0.25, -0.2) is 4.98 Å². The van der Waals surface area contributed by atoms with Crippen LogP contribution in [0.4, 0.5) is 10.8 Å². The molecule has 0 aliphatic heterocycles. The first-order chi connectivity index (χ1) is 22.3. The third-order valence-electron chi connectivity index (χ3n) is 6.81. The lowest BCUT2D eigenvalue weighted by Crippen LogP contribution is -2.30. The molecule has 1 unspecified atom stereocenters. The number of amides is 3. The number of methoxy groups -OCH3 is 1. The maximum Gasteiger partial charge on any atom is 0.272 e. The van der Waals surface area contributed by atoms with E-state index in [-0.39, 0.29) is 11.6 Å². The van der Waals surface area contributed by atoms with Crippen molar-refractivity contribution < 1.29 is 19.1 Å². The number of thioether (sulfide) groups is 1. The minimum Gasteiger partial charge on any atom is -0.497 e. The van der Waals surface area contributed by atoms with Crippen molar-refractivity contribution in [3.63, 3.8) is 0 Å². The first kappa shape index (κ1) is 32.2. The molecule has 1 heterocycles. The molecule has 10 heteroatoms. The molecule has 46 heavy (non-hydrogen) atoms. The molecule has 5 aromatic rings. The van der Waals surface area contributed by atoms with Crippen LogP contribution in [0.2, 0.25) is 0 Å². The van der Waals surface area contributed by atoms with Crippen LogP contribution in [-0.2, 0) is 9.59 Å². The molecule has 3 N–H and O–H groups in total. The Kier molecular flexibility index (Phi) is 10.6. The van der Waals surface area contributed by atoms with Gasteiger partial charge < -0.3 is 20.7 Å². The van der Waals surface area contributed by atoms with E-state index in [1.54, 1.807) is 67.8 Å². The number of rotatable bonds is 11. The molecule has 8 nitrogen and oxygen atoms in total. The number of hydrogen-bond donors (Lipinski definition) is 3. The summed E-state index contributed by atoms with van der Waals surface area (Å²) in [6, 6.07) is 31.1. The summed E-state index contributed by atoms with van der Waals surface area (Å²) in [5, 5.41) is 10.6. The maximum atomic E-state index is 13.4. The van der Waals surface area contributed by atoms with Crippen LogP contribution >= 0.6 is 23.1 Å². The summed E-state index contributed by atoms with van der Waals surface area (Å²) < 4.78 is 5.30. The fourth-order valence-corrected chi connectivity index (χ4v) is 5.90. The summed E-state index contributed by atoms with van der Waals surface area (Å²) >= 11 is 2.78. The summed E-state index contributed by atoms with van der Waals surface area (Å²) in [5.41, 5.74) is 4.70. The van der Waals surface area contributed by atoms with Crippen molar-refractivity contribution in [2.24, 2.45) is 0 Å². The lowest BCUT2D eigenvalue weighted by molar-refractivity contribution is -0.115. The smallest absolute Gasteiger partial charge is 0.272 e. The van der Waals surface area contributed by atoms with Crippen molar-refractivity contribution in [2.45, 2.75) is 24.0 Å². The number of aryl methyl sites for hydroxylation is 1. The van der Waals surface area contributed by atoms with Crippen molar-refractivity contribution in [2.75, 3.05) is 17.7 Å². The van der Waals surface area contributed by atoms with Crippen LogP contribution < -0.4 is 20.7 Å². The second-order valence-corrected chi connectivity index (χ2v) is 12.6. The summed E-state index contributed by atoms with van der Waals surface area (Å²) in [4.78, 5) is 44.6. The van der Waals surface area contributed by atoms with E-state index < -0.39 is 17.1 Å². The van der Waals surface area contributed by atoms with E-state index in [0.717, 1.165) is 16.2 Å². The lowest BCUT2D eigenvalue weighted by Gasteiger charge is -2.13. The molecule has 232 valence electrons. The Labute approximate surface area is 275 Å². The van der Waals surface area contributed by atoms with Gasteiger partial charge in [-0.1, -0.05) is 60.2 Å². The Morgan fingerprint density at radius 1 is 0.891 bits per heavy atom. The van der Waals surface area contributed by atoms with E-state index in [1.807, 2.05) is 67.8 Å². The number of nitrogens with zero attached hydrogens (tertiary/aromatic N) is 1. The molecule has 0 aliphatic carbocycles. The van der Waals surface area contributed by atoms with Gasteiger partial charge in [0.2, 0.25) is 5.91 Å². The van der Waals surface area contributed by atoms with Gasteiger partial charge in [-0.05, 0) is 74.0 Å². The molecule has 1 aromatic heterocycles. The summed E-state index contributed by atoms with van der Waals surface area (Å²) in [5.74, 6) is -0.437. The van der Waals surface area contributed by atoms with E-state index in [9.17, 15) is 14.4 Å². The van der Waals surface area contributed by atoms with Crippen molar-refractivity contribution in [3.05, 3.63) is 131 Å². The van der Waals surface area contributed by atoms with Gasteiger partial charge in [-0.15, -0.1) is 23.1 Å². The first-order valence-corrected chi connectivity index (χ1v) is 16.2. The zero-order valence-corrected chi connectivity index (χ0v) is 27.1. The molecular weight excluding hydrogens is 617 g/mol. The fraction of sp³-hybridized carbons (Fsp3) is 0.111. The normalized spacial score (nSPS) is 11.8. The molecule has 0 saturated heterocycles. The average Bonchev–Trinajstić information content (AvgIpc) is 3.54. The number of hydrogen-bond acceptors (Lipinski definition) is 7. The highest BCUT2D eigenvalue weighted by Crippen LogP contribution is 2.28. The Morgan fingerprint density at radius 3 is 2.35 bits per heavy atom. The first-order valence-electron chi connectivity index (χ1n) is 14.4. The quantitative estimate of drug-likeness (QED) is 0.100. The lowest BCUT2D eigenvalue weighted by atomic mass is 10.1. The minimum absolute atomic E-state index is 0.0681. The molecular formula is C36H32N4O4S2. The van der Waals surface area contributed by atoms with Crippen LogP contribution in [-0.4, -0.2) is 35.1 Å². The van der Waals surface area contributed by atoms with Crippen molar-refractivity contribution in [1.29, 1.82) is 0 Å². The highest BCUT2D eigenvalue weighted by molar-refractivity contribution is 8.00. The zero-order valence-electron chi connectivity index (χ0n) is 25.4. The third-order valence-corrected chi connectivity index (χ3v) is 8.68. The van der Waals surface area contributed by atoms with Crippen LogP contribution in [0, 0.1) is 6.92 Å². The van der Waals surface area contributed by atoms with Crippen LogP contribution in [0.25, 0.3) is 17.3 Å². The monoisotopic (exact) mass is 648 g/mol. The average molecular weight is 649 g/mol. The van der Waals surface area contributed by atoms with Crippen LogP contribution in [0.5, 0.6) is 5.75 Å². The third kappa shape index (κ3) is 8.71. The fourth-order valence-electron chi connectivity index (χ4n) is 4.31. The summed E-state index contributed by atoms with van der Waals surface area (Å²) in [6.07, 6.45) is 1.59. The molecule has 5 rings (SSSR count). The van der Waals surface area contributed by atoms with Gasteiger partial charge in [0.05, 0.1) is 18.1 Å². The number of carbonyl (C=O) groups is 3. The van der Waals surface area contributed by atoms with Gasteiger partial charge in [0.15, 0.2) is 5.13 Å². The molecule has 0 spiro atoms. The number of aromatic nitrogens is 1. The molecule has 0 bridgehead atoms. The highest BCUT2D eigenvalue weighted by atomic mass is 32.2. The van der Waals surface area contributed by atoms with Crippen LogP contribution in [0.15, 0.2) is 119 Å². The molecule has 0 saturated carbocycles. The van der Waals surface area contributed by atoms with E-state index in [0.29, 0.717) is 27.7 Å². The Balaban J connectivity index is 1.22. The standard InChI is InChI=1S/C36H32N4O4S2/c1-23-12-14-26(15-13-23)32-22-45-36(39-32)40-33(41)24(2)46-30-18-16-28(17-19-30)37-35(43)31(21-25-8-7-11-29(20-25)44-3)38-34(42)27-9-5-4-6-10-27/h4-22,24H,1-3H3,(H,37,43)(H,38,42)(H,39,40,41)/b31-21-. The number of carbonyl (C=O) groups excluding carboxylic acids is 3. The van der Waals surface area contributed by atoms with Gasteiger partial charge in [0.25, 0.3) is 11.8 Å². The molecule has 3 amide bonds. The van der Waals surface area contributed by atoms with Crippen molar-refractivity contribution in [1.82, 2.24) is 10.3 Å². The number of benzene rings is 4. The number of nitrogens with one attached hydrogen (secondary N) is 3. The Morgan fingerprint density at radius 2 is 1.63 bits per heavy atom. The Bertz CT molecular complexity index is 1850. The van der Waals surface area contributed by atoms with Gasteiger partial charge in [-0.2, -0.15) is 0 Å².